The largest absolute Gasteiger partial charge is 0.438 e. The molecule has 1 aliphatic rings. The zero-order chi connectivity index (χ0) is 12.5. The predicted molar refractivity (Wildman–Crippen MR) is 66.3 cm³/mol. The highest BCUT2D eigenvalue weighted by molar-refractivity contribution is 7.18. The summed E-state index contributed by atoms with van der Waals surface area (Å²) >= 11 is 1.09. The molecule has 2 aromatic rings. The van der Waals surface area contributed by atoms with Crippen molar-refractivity contribution in [1.82, 2.24) is 10.3 Å². The van der Waals surface area contributed by atoms with Crippen LogP contribution in [-0.2, 0) is 6.54 Å². The van der Waals surface area contributed by atoms with Crippen LogP contribution in [-0.4, -0.2) is 15.9 Å². The van der Waals surface area contributed by atoms with Crippen molar-refractivity contribution in [2.45, 2.75) is 25.4 Å². The lowest BCUT2D eigenvalue weighted by Crippen LogP contribution is -2.15. The van der Waals surface area contributed by atoms with Gasteiger partial charge in [-0.3, -0.25) is 10.1 Å². The highest BCUT2D eigenvalue weighted by Crippen LogP contribution is 2.32. The average Bonchev–Trinajstić information content (AvgIpc) is 2.88. The van der Waals surface area contributed by atoms with E-state index in [0.717, 1.165) is 16.2 Å². The molecule has 0 atom stereocenters. The van der Waals surface area contributed by atoms with Gasteiger partial charge in [-0.1, -0.05) is 11.3 Å². The zero-order valence-corrected chi connectivity index (χ0v) is 10.3. The summed E-state index contributed by atoms with van der Waals surface area (Å²) in [6, 6.07) is 3.76. The molecule has 18 heavy (non-hydrogen) atoms. The molecule has 0 aromatic carbocycles. The van der Waals surface area contributed by atoms with Crippen LogP contribution in [0.2, 0.25) is 0 Å². The molecule has 7 heteroatoms. The molecular weight excluding hydrogens is 254 g/mol. The van der Waals surface area contributed by atoms with E-state index in [2.05, 4.69) is 10.3 Å². The second-order valence-electron chi connectivity index (χ2n) is 4.17. The maximum Gasteiger partial charge on any atom is 0.324 e. The molecule has 6 nitrogen and oxygen atoms in total. The van der Waals surface area contributed by atoms with Crippen LogP contribution in [0, 0.1) is 10.1 Å². The fraction of sp³-hybridized carbons (Fsp3) is 0.364. The van der Waals surface area contributed by atoms with Crippen LogP contribution in [0.1, 0.15) is 18.7 Å². The smallest absolute Gasteiger partial charge is 0.324 e. The molecule has 1 fully saturated rings. The van der Waals surface area contributed by atoms with Gasteiger partial charge < -0.3 is 9.73 Å². The molecule has 2 heterocycles. The maximum atomic E-state index is 10.6. The van der Waals surface area contributed by atoms with Crippen LogP contribution in [0.4, 0.5) is 5.00 Å². The van der Waals surface area contributed by atoms with Gasteiger partial charge >= 0.3 is 5.00 Å². The standard InChI is InChI=1S/C11H11N3O3S/c15-14(16)11-4-3-9(18-11)8-5-13-10(17-8)6-12-7-1-2-7/h3-5,7,12H,1-2,6H2. The molecular formula is C11H11N3O3S. The van der Waals surface area contributed by atoms with E-state index in [0.29, 0.717) is 24.2 Å². The molecule has 0 saturated heterocycles. The minimum Gasteiger partial charge on any atom is -0.438 e. The molecule has 1 N–H and O–H groups in total. The van der Waals surface area contributed by atoms with Crippen molar-refractivity contribution in [3.8, 4) is 10.6 Å². The Bertz CT molecular complexity index is 574. The minimum absolute atomic E-state index is 0.110. The lowest BCUT2D eigenvalue weighted by atomic mass is 10.4. The topological polar surface area (TPSA) is 81.2 Å². The number of oxazole rings is 1. The van der Waals surface area contributed by atoms with Gasteiger partial charge in [0.1, 0.15) is 0 Å². The lowest BCUT2D eigenvalue weighted by molar-refractivity contribution is -0.380. The van der Waals surface area contributed by atoms with Gasteiger partial charge in [-0.05, 0) is 18.9 Å². The van der Waals surface area contributed by atoms with Crippen LogP contribution >= 0.6 is 11.3 Å². The third kappa shape index (κ3) is 2.41. The maximum absolute atomic E-state index is 10.6. The highest BCUT2D eigenvalue weighted by Gasteiger charge is 2.21. The molecule has 0 amide bonds. The van der Waals surface area contributed by atoms with Gasteiger partial charge in [0, 0.05) is 12.1 Å². The van der Waals surface area contributed by atoms with Gasteiger partial charge in [0.2, 0.25) is 5.89 Å². The number of nitro groups is 1. The second-order valence-corrected chi connectivity index (χ2v) is 5.23. The summed E-state index contributed by atoms with van der Waals surface area (Å²) in [7, 11) is 0. The van der Waals surface area contributed by atoms with Gasteiger partial charge in [-0.25, -0.2) is 4.98 Å². The van der Waals surface area contributed by atoms with E-state index < -0.39 is 4.92 Å². The van der Waals surface area contributed by atoms with E-state index in [1.165, 1.54) is 18.9 Å². The molecule has 0 spiro atoms. The van der Waals surface area contributed by atoms with E-state index in [1.54, 1.807) is 12.3 Å². The Hall–Kier alpha value is -1.73. The van der Waals surface area contributed by atoms with Gasteiger partial charge in [-0.2, -0.15) is 0 Å². The van der Waals surface area contributed by atoms with Gasteiger partial charge in [-0.15, -0.1) is 0 Å². The van der Waals surface area contributed by atoms with Crippen molar-refractivity contribution in [2.75, 3.05) is 0 Å². The number of nitrogens with zero attached hydrogens (tertiary/aromatic N) is 2. The Morgan fingerprint density at radius 3 is 3.06 bits per heavy atom. The molecule has 2 aromatic heterocycles. The van der Waals surface area contributed by atoms with Crippen LogP contribution in [0.5, 0.6) is 0 Å². The molecule has 0 bridgehead atoms. The van der Waals surface area contributed by atoms with Crippen molar-refractivity contribution >= 4 is 16.3 Å². The zero-order valence-electron chi connectivity index (χ0n) is 9.46. The van der Waals surface area contributed by atoms with E-state index >= 15 is 0 Å². The van der Waals surface area contributed by atoms with E-state index in [-0.39, 0.29) is 5.00 Å². The lowest BCUT2D eigenvalue weighted by Gasteiger charge is -1.96. The van der Waals surface area contributed by atoms with Crippen LogP contribution in [0.25, 0.3) is 10.6 Å². The van der Waals surface area contributed by atoms with Crippen LogP contribution in [0.3, 0.4) is 0 Å². The van der Waals surface area contributed by atoms with Gasteiger partial charge in [0.15, 0.2) is 5.76 Å². The number of thiophene rings is 1. The quantitative estimate of drug-likeness (QED) is 0.663. The van der Waals surface area contributed by atoms with Crippen molar-refractivity contribution in [2.24, 2.45) is 0 Å². The Balaban J connectivity index is 1.72. The van der Waals surface area contributed by atoms with Gasteiger partial charge in [0.05, 0.1) is 22.5 Å². The summed E-state index contributed by atoms with van der Waals surface area (Å²) < 4.78 is 5.56. The summed E-state index contributed by atoms with van der Waals surface area (Å²) in [5.74, 6) is 1.20. The first-order chi connectivity index (χ1) is 8.72. The number of rotatable bonds is 5. The monoisotopic (exact) mass is 265 g/mol. The summed E-state index contributed by atoms with van der Waals surface area (Å²) in [6.45, 7) is 0.609. The second kappa shape index (κ2) is 4.51. The Morgan fingerprint density at radius 2 is 2.39 bits per heavy atom. The first-order valence-electron chi connectivity index (χ1n) is 5.65. The average molecular weight is 265 g/mol. The molecule has 1 aliphatic carbocycles. The third-order valence-corrected chi connectivity index (χ3v) is 3.74. The van der Waals surface area contributed by atoms with Crippen molar-refractivity contribution < 1.29 is 9.34 Å². The van der Waals surface area contributed by atoms with Crippen molar-refractivity contribution in [3.63, 3.8) is 0 Å². The molecule has 3 rings (SSSR count). The van der Waals surface area contributed by atoms with Gasteiger partial charge in [0.25, 0.3) is 0 Å². The summed E-state index contributed by atoms with van der Waals surface area (Å²) in [5, 5.41) is 14.0. The predicted octanol–water partition coefficient (Wildman–Crippen LogP) is 2.56. The van der Waals surface area contributed by atoms with Crippen molar-refractivity contribution in [1.29, 1.82) is 0 Å². The number of hydrogen-bond donors (Lipinski definition) is 1. The van der Waals surface area contributed by atoms with E-state index in [9.17, 15) is 10.1 Å². The number of nitrogens with one attached hydrogen (secondary N) is 1. The summed E-state index contributed by atoms with van der Waals surface area (Å²) in [5.41, 5.74) is 0. The first kappa shape index (κ1) is 11.4. The van der Waals surface area contributed by atoms with Crippen LogP contribution < -0.4 is 5.32 Å². The third-order valence-electron chi connectivity index (χ3n) is 2.69. The molecule has 1 saturated carbocycles. The fourth-order valence-electron chi connectivity index (χ4n) is 1.58. The molecule has 0 radical (unpaired) electrons. The fourth-order valence-corrected chi connectivity index (χ4v) is 2.35. The molecule has 0 unspecified atom stereocenters. The molecule has 0 aliphatic heterocycles. The normalized spacial score (nSPS) is 14.9. The highest BCUT2D eigenvalue weighted by atomic mass is 32.1. The van der Waals surface area contributed by atoms with E-state index in [4.69, 9.17) is 4.42 Å². The Morgan fingerprint density at radius 1 is 1.56 bits per heavy atom. The minimum atomic E-state index is -0.403. The summed E-state index contributed by atoms with van der Waals surface area (Å²) in [6.07, 6.45) is 4.04. The SMILES string of the molecule is O=[N+]([O-])c1ccc(-c2cnc(CNC3CC3)o2)s1. The van der Waals surface area contributed by atoms with Crippen LogP contribution in [0.15, 0.2) is 22.7 Å². The summed E-state index contributed by atoms with van der Waals surface area (Å²) in [4.78, 5) is 15.1. The Labute approximate surface area is 107 Å². The van der Waals surface area contributed by atoms with E-state index in [1.807, 2.05) is 0 Å². The number of hydrogen-bond acceptors (Lipinski definition) is 6. The number of aromatic nitrogens is 1. The Kier molecular flexibility index (Phi) is 2.85. The van der Waals surface area contributed by atoms with Crippen molar-refractivity contribution in [3.05, 3.63) is 34.3 Å². The first-order valence-corrected chi connectivity index (χ1v) is 6.47. The molecule has 94 valence electrons.